The molecule has 0 bridgehead atoms. The zero-order valence-corrected chi connectivity index (χ0v) is 9.04. The minimum atomic E-state index is -0.890. The van der Waals surface area contributed by atoms with Gasteiger partial charge in [-0.1, -0.05) is 36.0 Å². The van der Waals surface area contributed by atoms with Crippen LogP contribution in [0.4, 0.5) is 0 Å². The summed E-state index contributed by atoms with van der Waals surface area (Å²) in [4.78, 5) is 11.8. The van der Waals surface area contributed by atoms with Gasteiger partial charge < -0.3 is 5.11 Å². The number of carboxylic acid groups (broad SMARTS) is 1. The summed E-state index contributed by atoms with van der Waals surface area (Å²) in [5, 5.41) is 10.5. The summed E-state index contributed by atoms with van der Waals surface area (Å²) in [6, 6.07) is 9.65. The largest absolute Gasteiger partial charge is 0.478 e. The number of rotatable bonds is 5. The molecule has 15 heavy (non-hydrogen) atoms. The molecule has 0 aliphatic carbocycles. The summed E-state index contributed by atoms with van der Waals surface area (Å²) in [6.45, 7) is 3.52. The molecule has 0 saturated carbocycles. The summed E-state index contributed by atoms with van der Waals surface area (Å²) >= 11 is 1.41. The van der Waals surface area contributed by atoms with Crippen LogP contribution in [0.5, 0.6) is 0 Å². The van der Waals surface area contributed by atoms with Gasteiger partial charge in [-0.15, -0.1) is 6.58 Å². The lowest BCUT2D eigenvalue weighted by Gasteiger charge is -1.98. The average Bonchev–Trinajstić information content (AvgIpc) is 2.25. The molecular weight excluding hydrogens is 208 g/mol. The summed E-state index contributed by atoms with van der Waals surface area (Å²) in [5.41, 5.74) is 0.360. The van der Waals surface area contributed by atoms with Crippen molar-refractivity contribution in [2.75, 3.05) is 0 Å². The molecule has 1 rings (SSSR count). The highest BCUT2D eigenvalue weighted by atomic mass is 32.2. The predicted molar refractivity (Wildman–Crippen MR) is 62.8 cm³/mol. The van der Waals surface area contributed by atoms with E-state index in [0.29, 0.717) is 12.0 Å². The number of aliphatic carboxylic acids is 1. The lowest BCUT2D eigenvalue weighted by atomic mass is 10.2. The molecular formula is C12H12O2S. The molecule has 0 fully saturated rings. The fourth-order valence-corrected chi connectivity index (χ4v) is 1.77. The van der Waals surface area contributed by atoms with E-state index in [1.54, 1.807) is 11.5 Å². The first-order chi connectivity index (χ1) is 7.24. The van der Waals surface area contributed by atoms with Crippen molar-refractivity contribution in [2.45, 2.75) is 11.3 Å². The van der Waals surface area contributed by atoms with Crippen LogP contribution in [0.1, 0.15) is 6.42 Å². The van der Waals surface area contributed by atoms with E-state index in [1.807, 2.05) is 30.3 Å². The number of carboxylic acids is 1. The van der Waals surface area contributed by atoms with E-state index in [0.717, 1.165) is 4.90 Å². The van der Waals surface area contributed by atoms with Crippen molar-refractivity contribution in [3.05, 3.63) is 54.0 Å². The summed E-state index contributed by atoms with van der Waals surface area (Å²) in [5.74, 6) is -0.890. The van der Waals surface area contributed by atoms with Crippen molar-refractivity contribution in [1.29, 1.82) is 0 Å². The van der Waals surface area contributed by atoms with Crippen LogP contribution in [-0.4, -0.2) is 11.1 Å². The van der Waals surface area contributed by atoms with Gasteiger partial charge in [0.05, 0.1) is 0 Å². The average molecular weight is 220 g/mol. The highest BCUT2D eigenvalue weighted by Crippen LogP contribution is 2.21. The zero-order chi connectivity index (χ0) is 11.1. The van der Waals surface area contributed by atoms with Gasteiger partial charge >= 0.3 is 5.97 Å². The molecule has 0 amide bonds. The van der Waals surface area contributed by atoms with Gasteiger partial charge in [-0.05, 0) is 24.0 Å². The number of benzene rings is 1. The molecule has 0 radical (unpaired) electrons. The first-order valence-corrected chi connectivity index (χ1v) is 5.37. The molecule has 0 aromatic heterocycles. The monoisotopic (exact) mass is 220 g/mol. The molecule has 0 atom stereocenters. The second-order valence-electron chi connectivity index (χ2n) is 2.87. The number of hydrogen-bond donors (Lipinski definition) is 1. The van der Waals surface area contributed by atoms with E-state index in [2.05, 4.69) is 6.58 Å². The number of carbonyl (C=O) groups is 1. The molecule has 0 unspecified atom stereocenters. The summed E-state index contributed by atoms with van der Waals surface area (Å²) < 4.78 is 0. The highest BCUT2D eigenvalue weighted by molar-refractivity contribution is 8.02. The third kappa shape index (κ3) is 4.04. The first-order valence-electron chi connectivity index (χ1n) is 4.49. The molecule has 1 N–H and O–H groups in total. The normalized spacial score (nSPS) is 11.1. The third-order valence-corrected chi connectivity index (χ3v) is 2.67. The van der Waals surface area contributed by atoms with Crippen LogP contribution in [0.3, 0.4) is 0 Å². The van der Waals surface area contributed by atoms with Crippen LogP contribution >= 0.6 is 11.8 Å². The summed E-state index contributed by atoms with van der Waals surface area (Å²) in [6.07, 6.45) is 1.97. The van der Waals surface area contributed by atoms with Crippen molar-refractivity contribution < 1.29 is 9.90 Å². The van der Waals surface area contributed by atoms with Gasteiger partial charge in [-0.3, -0.25) is 0 Å². The van der Waals surface area contributed by atoms with Crippen LogP contribution in [0.25, 0.3) is 0 Å². The van der Waals surface area contributed by atoms with E-state index < -0.39 is 5.97 Å². The Morgan fingerprint density at radius 1 is 1.40 bits per heavy atom. The Morgan fingerprint density at radius 2 is 2.07 bits per heavy atom. The van der Waals surface area contributed by atoms with E-state index in [9.17, 15) is 4.79 Å². The Hall–Kier alpha value is -1.48. The number of thioether (sulfide) groups is 1. The quantitative estimate of drug-likeness (QED) is 0.470. The van der Waals surface area contributed by atoms with Crippen molar-refractivity contribution in [3.63, 3.8) is 0 Å². The number of allylic oxidation sites excluding steroid dienone is 1. The first kappa shape index (κ1) is 11.6. The van der Waals surface area contributed by atoms with Crippen LogP contribution in [0.15, 0.2) is 58.9 Å². The molecule has 0 aliphatic heterocycles. The Bertz CT molecular complexity index is 368. The minimum Gasteiger partial charge on any atom is -0.478 e. The van der Waals surface area contributed by atoms with Gasteiger partial charge in [-0.25, -0.2) is 4.79 Å². The van der Waals surface area contributed by atoms with Gasteiger partial charge in [0.25, 0.3) is 0 Å². The van der Waals surface area contributed by atoms with Gasteiger partial charge in [-0.2, -0.15) is 0 Å². The Kier molecular flexibility index (Phi) is 4.71. The fourth-order valence-electron chi connectivity index (χ4n) is 0.980. The molecule has 0 heterocycles. The molecule has 0 spiro atoms. The van der Waals surface area contributed by atoms with Gasteiger partial charge in [0.15, 0.2) is 0 Å². The fraction of sp³-hybridized carbons (Fsp3) is 0.0833. The Labute approximate surface area is 93.3 Å². The van der Waals surface area contributed by atoms with E-state index in [4.69, 9.17) is 5.11 Å². The molecule has 3 heteroatoms. The van der Waals surface area contributed by atoms with Gasteiger partial charge in [0.1, 0.15) is 0 Å². The topological polar surface area (TPSA) is 37.3 Å². The lowest BCUT2D eigenvalue weighted by molar-refractivity contribution is -0.132. The molecule has 0 aliphatic rings. The van der Waals surface area contributed by atoms with E-state index in [-0.39, 0.29) is 0 Å². The van der Waals surface area contributed by atoms with Crippen LogP contribution in [0, 0.1) is 0 Å². The maximum absolute atomic E-state index is 10.8. The van der Waals surface area contributed by atoms with Crippen molar-refractivity contribution in [1.82, 2.24) is 0 Å². The Balaban J connectivity index is 2.69. The van der Waals surface area contributed by atoms with Crippen molar-refractivity contribution in [2.24, 2.45) is 0 Å². The van der Waals surface area contributed by atoms with Crippen LogP contribution in [-0.2, 0) is 4.79 Å². The number of hydrogen-bond acceptors (Lipinski definition) is 2. The van der Waals surface area contributed by atoms with E-state index >= 15 is 0 Å². The predicted octanol–water partition coefficient (Wildman–Crippen LogP) is 3.32. The second kappa shape index (κ2) is 6.09. The Morgan fingerprint density at radius 3 is 2.60 bits per heavy atom. The van der Waals surface area contributed by atoms with Crippen molar-refractivity contribution in [3.8, 4) is 0 Å². The maximum atomic E-state index is 10.8. The second-order valence-corrected chi connectivity index (χ2v) is 3.81. The minimum absolute atomic E-state index is 0.360. The zero-order valence-electron chi connectivity index (χ0n) is 8.22. The maximum Gasteiger partial charge on any atom is 0.332 e. The van der Waals surface area contributed by atoms with Crippen LogP contribution in [0.2, 0.25) is 0 Å². The van der Waals surface area contributed by atoms with Gasteiger partial charge in [0.2, 0.25) is 0 Å². The molecule has 2 nitrogen and oxygen atoms in total. The highest BCUT2D eigenvalue weighted by Gasteiger charge is 2.04. The molecule has 0 saturated heterocycles. The molecule has 1 aromatic rings. The van der Waals surface area contributed by atoms with E-state index in [1.165, 1.54) is 11.8 Å². The lowest BCUT2D eigenvalue weighted by Crippen LogP contribution is -1.98. The SMILES string of the molecule is C=CC/C(=C\Sc1ccccc1)C(=O)O. The molecule has 78 valence electrons. The van der Waals surface area contributed by atoms with Gasteiger partial charge in [0, 0.05) is 10.5 Å². The standard InChI is InChI=1S/C12H12O2S/c1-2-6-10(12(13)14)9-15-11-7-4-3-5-8-11/h2-5,7-9H,1,6H2,(H,13,14)/b10-9+. The summed E-state index contributed by atoms with van der Waals surface area (Å²) in [7, 11) is 0. The third-order valence-electron chi connectivity index (χ3n) is 1.72. The van der Waals surface area contributed by atoms with Crippen LogP contribution < -0.4 is 0 Å². The smallest absolute Gasteiger partial charge is 0.332 e. The van der Waals surface area contributed by atoms with Crippen molar-refractivity contribution >= 4 is 17.7 Å². The molecule has 1 aromatic carbocycles.